The number of carbonyl (C=O) groups excluding carboxylic acids is 1. The molecule has 1 heterocycles. The zero-order valence-electron chi connectivity index (χ0n) is 16.3. The molecule has 1 aromatic heterocycles. The molecule has 1 amide bonds. The molecule has 0 aliphatic carbocycles. The van der Waals surface area contributed by atoms with Crippen molar-refractivity contribution in [3.63, 3.8) is 0 Å². The average molecular weight is 398 g/mol. The van der Waals surface area contributed by atoms with Gasteiger partial charge < -0.3 is 15.1 Å². The first-order valence-corrected chi connectivity index (χ1v) is 9.55. The second-order valence-corrected chi connectivity index (χ2v) is 7.08. The second kappa shape index (κ2) is 9.98. The minimum Gasteiger partial charge on any atom is -0.459 e. The summed E-state index contributed by atoms with van der Waals surface area (Å²) in [5, 5.41) is 6.25. The van der Waals surface area contributed by atoms with Gasteiger partial charge in [-0.15, -0.1) is 0 Å². The summed E-state index contributed by atoms with van der Waals surface area (Å²) >= 11 is 0. The van der Waals surface area contributed by atoms with Crippen LogP contribution in [0.4, 0.5) is 8.78 Å². The molecule has 0 aliphatic heterocycles. The molecular formula is C23H24F2N2O2. The van der Waals surface area contributed by atoms with E-state index in [-0.39, 0.29) is 17.7 Å². The van der Waals surface area contributed by atoms with E-state index in [2.05, 4.69) is 16.7 Å². The predicted octanol–water partition coefficient (Wildman–Crippen LogP) is 4.39. The fourth-order valence-corrected chi connectivity index (χ4v) is 3.23. The van der Waals surface area contributed by atoms with Crippen LogP contribution in [0, 0.1) is 18.6 Å². The molecule has 2 N–H and O–H groups in total. The Kier molecular flexibility index (Phi) is 7.14. The molecule has 0 radical (unpaired) electrons. The largest absolute Gasteiger partial charge is 0.459 e. The van der Waals surface area contributed by atoms with E-state index < -0.39 is 11.6 Å². The van der Waals surface area contributed by atoms with Crippen LogP contribution in [0.5, 0.6) is 0 Å². The highest BCUT2D eigenvalue weighted by Gasteiger charge is 2.17. The van der Waals surface area contributed by atoms with Gasteiger partial charge >= 0.3 is 0 Å². The number of carbonyl (C=O) groups is 1. The average Bonchev–Trinajstić information content (AvgIpc) is 3.19. The van der Waals surface area contributed by atoms with Crippen LogP contribution in [0.15, 0.2) is 65.3 Å². The maximum absolute atomic E-state index is 13.5. The topological polar surface area (TPSA) is 54.3 Å². The zero-order chi connectivity index (χ0) is 20.6. The van der Waals surface area contributed by atoms with Gasteiger partial charge in [-0.25, -0.2) is 8.78 Å². The van der Waals surface area contributed by atoms with Crippen molar-refractivity contribution in [3.05, 3.63) is 94.9 Å². The third-order valence-electron chi connectivity index (χ3n) is 4.57. The lowest BCUT2D eigenvalue weighted by Crippen LogP contribution is -2.38. The number of rotatable bonds is 9. The minimum absolute atomic E-state index is 0.202. The van der Waals surface area contributed by atoms with Gasteiger partial charge in [0.15, 0.2) is 5.76 Å². The second-order valence-electron chi connectivity index (χ2n) is 7.08. The van der Waals surface area contributed by atoms with Crippen molar-refractivity contribution >= 4 is 5.91 Å². The van der Waals surface area contributed by atoms with E-state index in [9.17, 15) is 13.6 Å². The maximum Gasteiger partial charge on any atom is 0.287 e. The fraction of sp³-hybridized carbons (Fsp3) is 0.261. The van der Waals surface area contributed by atoms with Gasteiger partial charge in [-0.05, 0) is 61.7 Å². The lowest BCUT2D eigenvalue weighted by Gasteiger charge is -2.19. The summed E-state index contributed by atoms with van der Waals surface area (Å²) in [6.07, 6.45) is 2.33. The van der Waals surface area contributed by atoms with Crippen LogP contribution in [0.1, 0.15) is 33.7 Å². The van der Waals surface area contributed by atoms with E-state index in [1.165, 1.54) is 29.5 Å². The van der Waals surface area contributed by atoms with Gasteiger partial charge in [0, 0.05) is 18.7 Å². The summed E-state index contributed by atoms with van der Waals surface area (Å²) in [5.74, 6) is -1.41. The van der Waals surface area contributed by atoms with Crippen molar-refractivity contribution in [2.75, 3.05) is 6.54 Å². The summed E-state index contributed by atoms with van der Waals surface area (Å²) in [5.41, 5.74) is 2.86. The van der Waals surface area contributed by atoms with Gasteiger partial charge in [-0.2, -0.15) is 0 Å². The predicted molar refractivity (Wildman–Crippen MR) is 108 cm³/mol. The van der Waals surface area contributed by atoms with E-state index in [0.29, 0.717) is 31.5 Å². The molecule has 0 saturated carbocycles. The molecule has 3 aromatic rings. The molecule has 0 saturated heterocycles. The third-order valence-corrected chi connectivity index (χ3v) is 4.57. The summed E-state index contributed by atoms with van der Waals surface area (Å²) in [7, 11) is 0. The van der Waals surface area contributed by atoms with Crippen LogP contribution < -0.4 is 10.6 Å². The van der Waals surface area contributed by atoms with Crippen LogP contribution >= 0.6 is 0 Å². The van der Waals surface area contributed by atoms with Gasteiger partial charge in [0.2, 0.25) is 0 Å². The van der Waals surface area contributed by atoms with Crippen LogP contribution in [0.3, 0.4) is 0 Å². The highest BCUT2D eigenvalue weighted by atomic mass is 19.1. The number of benzene rings is 2. The molecule has 2 aromatic carbocycles. The SMILES string of the molecule is Cc1cccc(CNCC[C@H](Cc2cc(F)cc(F)c2)NC(=O)c2ccco2)c1. The Labute approximate surface area is 168 Å². The number of halogens is 2. The fourth-order valence-electron chi connectivity index (χ4n) is 3.23. The van der Waals surface area contributed by atoms with E-state index in [1.54, 1.807) is 12.1 Å². The summed E-state index contributed by atoms with van der Waals surface area (Å²) < 4.78 is 32.2. The van der Waals surface area contributed by atoms with Crippen LogP contribution in [-0.4, -0.2) is 18.5 Å². The normalized spacial score (nSPS) is 12.0. The Hall–Kier alpha value is -2.99. The van der Waals surface area contributed by atoms with Gasteiger partial charge in [0.1, 0.15) is 11.6 Å². The number of hydrogen-bond donors (Lipinski definition) is 2. The monoisotopic (exact) mass is 398 g/mol. The number of nitrogens with one attached hydrogen (secondary N) is 2. The molecule has 6 heteroatoms. The van der Waals surface area contributed by atoms with Crippen LogP contribution in [0.2, 0.25) is 0 Å². The van der Waals surface area contributed by atoms with Gasteiger partial charge in [-0.3, -0.25) is 4.79 Å². The van der Waals surface area contributed by atoms with Gasteiger partial charge in [-0.1, -0.05) is 29.8 Å². The highest BCUT2D eigenvalue weighted by Crippen LogP contribution is 2.12. The molecule has 1 atom stereocenters. The molecule has 0 bridgehead atoms. The van der Waals surface area contributed by atoms with E-state index in [1.807, 2.05) is 25.1 Å². The summed E-state index contributed by atoms with van der Waals surface area (Å²) in [6, 6.07) is 14.5. The minimum atomic E-state index is -0.631. The first kappa shape index (κ1) is 20.7. The number of amides is 1. The lowest BCUT2D eigenvalue weighted by molar-refractivity contribution is 0.0906. The number of aryl methyl sites for hydroxylation is 1. The van der Waals surface area contributed by atoms with Crippen molar-refractivity contribution in [1.29, 1.82) is 0 Å². The Morgan fingerprint density at radius 1 is 1.03 bits per heavy atom. The third kappa shape index (κ3) is 6.54. The molecular weight excluding hydrogens is 374 g/mol. The molecule has 0 aliphatic rings. The molecule has 4 nitrogen and oxygen atoms in total. The summed E-state index contributed by atoms with van der Waals surface area (Å²) in [4.78, 5) is 12.4. The Morgan fingerprint density at radius 3 is 2.52 bits per heavy atom. The molecule has 0 spiro atoms. The van der Waals surface area contributed by atoms with E-state index >= 15 is 0 Å². The lowest BCUT2D eigenvalue weighted by atomic mass is 10.0. The number of hydrogen-bond acceptors (Lipinski definition) is 3. The van der Waals surface area contributed by atoms with Crippen molar-refractivity contribution in [2.45, 2.75) is 32.4 Å². The molecule has 0 unspecified atom stereocenters. The molecule has 0 fully saturated rings. The standard InChI is InChI=1S/C23H24F2N2O2/c1-16-4-2-5-17(10-16)15-26-8-7-21(27-23(28)22-6-3-9-29-22)13-18-11-19(24)14-20(25)12-18/h2-6,9-12,14,21,26H,7-8,13,15H2,1H3,(H,27,28)/t21-/m1/s1. The van der Waals surface area contributed by atoms with Crippen molar-refractivity contribution < 1.29 is 18.0 Å². The molecule has 3 rings (SSSR count). The van der Waals surface area contributed by atoms with Gasteiger partial charge in [0.05, 0.1) is 6.26 Å². The Balaban J connectivity index is 1.60. The first-order valence-electron chi connectivity index (χ1n) is 9.55. The van der Waals surface area contributed by atoms with Crippen LogP contribution in [0.25, 0.3) is 0 Å². The Morgan fingerprint density at radius 2 is 1.83 bits per heavy atom. The highest BCUT2D eigenvalue weighted by molar-refractivity contribution is 5.91. The Bertz CT molecular complexity index is 922. The van der Waals surface area contributed by atoms with Crippen molar-refractivity contribution in [3.8, 4) is 0 Å². The molecule has 29 heavy (non-hydrogen) atoms. The molecule has 152 valence electrons. The zero-order valence-corrected chi connectivity index (χ0v) is 16.3. The maximum atomic E-state index is 13.5. The summed E-state index contributed by atoms with van der Waals surface area (Å²) in [6.45, 7) is 3.38. The van der Waals surface area contributed by atoms with Gasteiger partial charge in [0.25, 0.3) is 5.91 Å². The van der Waals surface area contributed by atoms with E-state index in [4.69, 9.17) is 4.42 Å². The number of furan rings is 1. The van der Waals surface area contributed by atoms with Crippen LogP contribution in [-0.2, 0) is 13.0 Å². The first-order chi connectivity index (χ1) is 14.0. The quantitative estimate of drug-likeness (QED) is 0.526. The smallest absolute Gasteiger partial charge is 0.287 e. The van der Waals surface area contributed by atoms with Crippen molar-refractivity contribution in [2.24, 2.45) is 0 Å². The van der Waals surface area contributed by atoms with E-state index in [0.717, 1.165) is 6.07 Å². The van der Waals surface area contributed by atoms with Crippen molar-refractivity contribution in [1.82, 2.24) is 10.6 Å².